The fraction of sp³-hybridized carbons (Fsp3) is 0.538. The normalized spacial score (nSPS) is 19.2. The topological polar surface area (TPSA) is 41.5 Å². The van der Waals surface area contributed by atoms with Gasteiger partial charge in [0.05, 0.1) is 5.60 Å². The average Bonchev–Trinajstić information content (AvgIpc) is 2.30. The maximum atomic E-state index is 10.2. The molecule has 0 atom stereocenters. The summed E-state index contributed by atoms with van der Waals surface area (Å²) in [5.41, 5.74) is 0.518. The highest BCUT2D eigenvalue weighted by Gasteiger charge is 2.28. The molecule has 3 nitrogen and oxygen atoms in total. The van der Waals surface area contributed by atoms with Gasteiger partial charge in [0, 0.05) is 44.2 Å². The number of aliphatic hydroxyl groups is 1. The van der Waals surface area contributed by atoms with Gasteiger partial charge < -0.3 is 15.2 Å². The lowest BCUT2D eigenvalue weighted by Gasteiger charge is -2.32. The number of benzene rings is 1. The van der Waals surface area contributed by atoms with Gasteiger partial charge in [0.2, 0.25) is 0 Å². The van der Waals surface area contributed by atoms with Crippen LogP contribution in [0.2, 0.25) is 5.02 Å². The molecule has 1 aliphatic heterocycles. The predicted octanol–water partition coefficient (Wildman–Crippen LogP) is 1.97. The Hall–Kier alpha value is -0.610. The molecule has 1 fully saturated rings. The van der Waals surface area contributed by atoms with Crippen molar-refractivity contribution in [3.63, 3.8) is 0 Å². The van der Waals surface area contributed by atoms with E-state index in [1.54, 1.807) is 0 Å². The summed E-state index contributed by atoms with van der Waals surface area (Å²) in [6.07, 6.45) is 1.41. The van der Waals surface area contributed by atoms with Crippen LogP contribution in [0.4, 0.5) is 0 Å². The van der Waals surface area contributed by atoms with Gasteiger partial charge in [0.1, 0.15) is 0 Å². The fourth-order valence-electron chi connectivity index (χ4n) is 2.01. The van der Waals surface area contributed by atoms with Gasteiger partial charge in [-0.1, -0.05) is 23.7 Å². The molecule has 0 saturated carbocycles. The molecule has 94 valence electrons. The van der Waals surface area contributed by atoms with E-state index in [1.165, 1.54) is 0 Å². The van der Waals surface area contributed by atoms with E-state index >= 15 is 0 Å². The second kappa shape index (κ2) is 5.83. The third-order valence-electron chi connectivity index (χ3n) is 3.10. The zero-order chi connectivity index (χ0) is 12.1. The third-order valence-corrected chi connectivity index (χ3v) is 3.33. The fourth-order valence-corrected chi connectivity index (χ4v) is 2.23. The summed E-state index contributed by atoms with van der Waals surface area (Å²) in [7, 11) is 0. The van der Waals surface area contributed by atoms with E-state index in [1.807, 2.05) is 24.3 Å². The van der Waals surface area contributed by atoms with Gasteiger partial charge in [0.25, 0.3) is 0 Å². The third kappa shape index (κ3) is 3.96. The molecule has 2 rings (SSSR count). The Morgan fingerprint density at radius 1 is 1.35 bits per heavy atom. The van der Waals surface area contributed by atoms with E-state index in [-0.39, 0.29) is 0 Å². The molecular weight excluding hydrogens is 238 g/mol. The molecule has 2 N–H and O–H groups in total. The monoisotopic (exact) mass is 255 g/mol. The summed E-state index contributed by atoms with van der Waals surface area (Å²) in [6, 6.07) is 7.75. The van der Waals surface area contributed by atoms with Crippen LogP contribution in [0.25, 0.3) is 0 Å². The molecule has 0 bridgehead atoms. The Morgan fingerprint density at radius 3 is 2.82 bits per heavy atom. The number of ether oxygens (including phenoxy) is 1. The number of hydrogen-bond acceptors (Lipinski definition) is 3. The molecule has 1 heterocycles. The lowest BCUT2D eigenvalue weighted by molar-refractivity contribution is -0.0617. The zero-order valence-corrected chi connectivity index (χ0v) is 10.5. The van der Waals surface area contributed by atoms with Crippen molar-refractivity contribution in [2.45, 2.75) is 25.0 Å². The van der Waals surface area contributed by atoms with Crippen LogP contribution in [-0.4, -0.2) is 30.5 Å². The van der Waals surface area contributed by atoms with Crippen molar-refractivity contribution in [3.8, 4) is 0 Å². The molecule has 4 heteroatoms. The van der Waals surface area contributed by atoms with E-state index in [0.29, 0.717) is 32.6 Å². The lowest BCUT2D eigenvalue weighted by Crippen LogP contribution is -2.44. The van der Waals surface area contributed by atoms with Gasteiger partial charge >= 0.3 is 0 Å². The Labute approximate surface area is 107 Å². The van der Waals surface area contributed by atoms with Gasteiger partial charge in [-0.2, -0.15) is 0 Å². The first kappa shape index (κ1) is 12.8. The van der Waals surface area contributed by atoms with Crippen molar-refractivity contribution in [2.75, 3.05) is 19.8 Å². The predicted molar refractivity (Wildman–Crippen MR) is 68.2 cm³/mol. The average molecular weight is 256 g/mol. The highest BCUT2D eigenvalue weighted by Crippen LogP contribution is 2.19. The summed E-state index contributed by atoms with van der Waals surface area (Å²) in [5, 5.41) is 14.3. The van der Waals surface area contributed by atoms with Crippen LogP contribution in [0.3, 0.4) is 0 Å². The van der Waals surface area contributed by atoms with E-state index in [9.17, 15) is 5.11 Å². The Kier molecular flexibility index (Phi) is 4.40. The smallest absolute Gasteiger partial charge is 0.0815 e. The number of nitrogens with one attached hydrogen (secondary N) is 1. The maximum Gasteiger partial charge on any atom is 0.0815 e. The summed E-state index contributed by atoms with van der Waals surface area (Å²) in [4.78, 5) is 0. The molecule has 0 unspecified atom stereocenters. The van der Waals surface area contributed by atoms with Crippen LogP contribution < -0.4 is 5.32 Å². The van der Waals surface area contributed by atoms with E-state index in [0.717, 1.165) is 17.1 Å². The minimum atomic E-state index is -0.614. The second-order valence-corrected chi connectivity index (χ2v) is 5.01. The summed E-state index contributed by atoms with van der Waals surface area (Å²) < 4.78 is 5.24. The van der Waals surface area contributed by atoms with Crippen molar-refractivity contribution in [2.24, 2.45) is 0 Å². The van der Waals surface area contributed by atoms with Gasteiger partial charge in [-0.05, 0) is 17.7 Å². The molecule has 0 amide bonds. The summed E-state index contributed by atoms with van der Waals surface area (Å²) >= 11 is 5.91. The lowest BCUT2D eigenvalue weighted by atomic mass is 9.94. The van der Waals surface area contributed by atoms with Gasteiger partial charge in [-0.25, -0.2) is 0 Å². The van der Waals surface area contributed by atoms with E-state index < -0.39 is 5.60 Å². The first-order valence-electron chi connectivity index (χ1n) is 5.93. The molecule has 1 aliphatic rings. The molecule has 1 aromatic rings. The van der Waals surface area contributed by atoms with Crippen LogP contribution in [0.15, 0.2) is 24.3 Å². The minimum absolute atomic E-state index is 0.600. The molecule has 1 saturated heterocycles. The second-order valence-electron chi connectivity index (χ2n) is 4.57. The van der Waals surface area contributed by atoms with Crippen LogP contribution in [-0.2, 0) is 11.3 Å². The Balaban J connectivity index is 1.79. The highest BCUT2D eigenvalue weighted by atomic mass is 35.5. The number of rotatable bonds is 4. The molecule has 17 heavy (non-hydrogen) atoms. The van der Waals surface area contributed by atoms with Crippen LogP contribution in [0.1, 0.15) is 18.4 Å². The first-order valence-corrected chi connectivity index (χ1v) is 6.31. The Morgan fingerprint density at radius 2 is 2.12 bits per heavy atom. The number of halogens is 1. The summed E-state index contributed by atoms with van der Waals surface area (Å²) in [6.45, 7) is 2.62. The van der Waals surface area contributed by atoms with Gasteiger partial charge in [-0.3, -0.25) is 0 Å². The quantitative estimate of drug-likeness (QED) is 0.865. The highest BCUT2D eigenvalue weighted by molar-refractivity contribution is 6.30. The van der Waals surface area contributed by atoms with Crippen LogP contribution >= 0.6 is 11.6 Å². The molecule has 0 spiro atoms. The van der Waals surface area contributed by atoms with Crippen molar-refractivity contribution in [1.82, 2.24) is 5.32 Å². The SMILES string of the molecule is OC1(CNCc2cccc(Cl)c2)CCOCC1. The van der Waals surface area contributed by atoms with Crippen molar-refractivity contribution in [1.29, 1.82) is 0 Å². The largest absolute Gasteiger partial charge is 0.388 e. The summed E-state index contributed by atoms with van der Waals surface area (Å²) in [5.74, 6) is 0. The maximum absolute atomic E-state index is 10.2. The Bertz CT molecular complexity index is 364. The standard InChI is InChI=1S/C13H18ClNO2/c14-12-3-1-2-11(8-12)9-15-10-13(16)4-6-17-7-5-13/h1-3,8,15-16H,4-7,9-10H2. The van der Waals surface area contributed by atoms with Crippen molar-refractivity contribution < 1.29 is 9.84 Å². The molecule has 0 radical (unpaired) electrons. The molecule has 1 aromatic carbocycles. The van der Waals surface area contributed by atoms with Crippen LogP contribution in [0.5, 0.6) is 0 Å². The van der Waals surface area contributed by atoms with Crippen LogP contribution in [0, 0.1) is 0 Å². The van der Waals surface area contributed by atoms with Crippen molar-refractivity contribution >= 4 is 11.6 Å². The number of hydrogen-bond donors (Lipinski definition) is 2. The van der Waals surface area contributed by atoms with E-state index in [4.69, 9.17) is 16.3 Å². The molecule has 0 aromatic heterocycles. The van der Waals surface area contributed by atoms with Gasteiger partial charge in [0.15, 0.2) is 0 Å². The molecular formula is C13H18ClNO2. The van der Waals surface area contributed by atoms with E-state index in [2.05, 4.69) is 5.32 Å². The molecule has 0 aliphatic carbocycles. The van der Waals surface area contributed by atoms with Gasteiger partial charge in [-0.15, -0.1) is 0 Å². The minimum Gasteiger partial charge on any atom is -0.388 e. The zero-order valence-electron chi connectivity index (χ0n) is 9.79. The first-order chi connectivity index (χ1) is 8.18. The van der Waals surface area contributed by atoms with Crippen molar-refractivity contribution in [3.05, 3.63) is 34.9 Å².